The van der Waals surface area contributed by atoms with Gasteiger partial charge in [-0.25, -0.2) is 19.9 Å². The van der Waals surface area contributed by atoms with Gasteiger partial charge in [-0.05, 0) is 47.2 Å². The van der Waals surface area contributed by atoms with Gasteiger partial charge in [-0.3, -0.25) is 4.57 Å². The number of aromatic nitrogens is 5. The molecular weight excluding hydrogens is 550 g/mol. The summed E-state index contributed by atoms with van der Waals surface area (Å²) >= 11 is 0. The van der Waals surface area contributed by atoms with Gasteiger partial charge in [0.1, 0.15) is 5.82 Å². The van der Waals surface area contributed by atoms with Gasteiger partial charge in [0.05, 0.1) is 11.0 Å². The smallest absolute Gasteiger partial charge is 0.164 e. The first kappa shape index (κ1) is 28.4. The number of rotatable bonds is 7. The van der Waals surface area contributed by atoms with Crippen LogP contribution in [0.3, 0.4) is 0 Å². The van der Waals surface area contributed by atoms with Crippen LogP contribution in [0.2, 0.25) is 0 Å². The van der Waals surface area contributed by atoms with Crippen LogP contribution in [0.15, 0.2) is 127 Å². The Hall–Kier alpha value is -5.42. The third-order valence-corrected chi connectivity index (χ3v) is 8.22. The Kier molecular flexibility index (Phi) is 7.52. The molecule has 0 saturated heterocycles. The fraction of sp³-hybridized carbons (Fsp3) is 0.150. The number of fused-ring (bicyclic) bond motifs is 1. The Labute approximate surface area is 264 Å². The number of nitrogens with zero attached hydrogens (tertiary/aromatic N) is 5. The number of benzene rings is 5. The van der Waals surface area contributed by atoms with E-state index in [1.54, 1.807) is 0 Å². The lowest BCUT2D eigenvalue weighted by Crippen LogP contribution is -2.02. The maximum Gasteiger partial charge on any atom is 0.164 e. The Bertz CT molecular complexity index is 2010. The highest BCUT2D eigenvalue weighted by Crippen LogP contribution is 2.33. The Morgan fingerprint density at radius 1 is 0.444 bits per heavy atom. The Balaban J connectivity index is 1.35. The Morgan fingerprint density at radius 2 is 0.889 bits per heavy atom. The number of imidazole rings is 1. The molecular formula is C40H35N5. The van der Waals surface area contributed by atoms with Gasteiger partial charge >= 0.3 is 0 Å². The van der Waals surface area contributed by atoms with Gasteiger partial charge in [0.2, 0.25) is 0 Å². The number of hydrogen-bond acceptors (Lipinski definition) is 4. The molecule has 0 saturated carbocycles. The van der Waals surface area contributed by atoms with Crippen LogP contribution >= 0.6 is 0 Å². The lowest BCUT2D eigenvalue weighted by molar-refractivity contribution is 0.829. The van der Waals surface area contributed by atoms with Crippen LogP contribution in [0.25, 0.3) is 62.3 Å². The van der Waals surface area contributed by atoms with Crippen LogP contribution in [0.4, 0.5) is 0 Å². The van der Waals surface area contributed by atoms with Gasteiger partial charge in [-0.2, -0.15) is 0 Å². The van der Waals surface area contributed by atoms with Crippen molar-refractivity contribution in [1.82, 2.24) is 24.5 Å². The van der Waals surface area contributed by atoms with Crippen LogP contribution in [-0.2, 0) is 0 Å². The van der Waals surface area contributed by atoms with E-state index in [4.69, 9.17) is 19.9 Å². The first-order chi connectivity index (χ1) is 21.9. The zero-order valence-corrected chi connectivity index (χ0v) is 26.0. The molecule has 0 spiro atoms. The molecule has 5 nitrogen and oxygen atoms in total. The van der Waals surface area contributed by atoms with E-state index in [0.29, 0.717) is 29.3 Å². The average Bonchev–Trinajstić information content (AvgIpc) is 3.48. The fourth-order valence-corrected chi connectivity index (χ4v) is 5.64. The Morgan fingerprint density at radius 3 is 1.40 bits per heavy atom. The van der Waals surface area contributed by atoms with Gasteiger partial charge in [-0.1, -0.05) is 131 Å². The third-order valence-electron chi connectivity index (χ3n) is 8.22. The molecule has 7 aromatic rings. The molecule has 2 heterocycles. The molecule has 0 radical (unpaired) electrons. The van der Waals surface area contributed by atoms with Crippen molar-refractivity contribution < 1.29 is 0 Å². The van der Waals surface area contributed by atoms with Crippen LogP contribution in [0.1, 0.15) is 50.7 Å². The molecule has 0 atom stereocenters. The van der Waals surface area contributed by atoms with E-state index in [-0.39, 0.29) is 0 Å². The maximum absolute atomic E-state index is 5.14. The molecule has 7 rings (SSSR count). The number of para-hydroxylation sites is 2. The highest BCUT2D eigenvalue weighted by Gasteiger charge is 2.18. The molecule has 5 aromatic carbocycles. The lowest BCUT2D eigenvalue weighted by Gasteiger charge is -2.17. The molecule has 5 heteroatoms. The van der Waals surface area contributed by atoms with Gasteiger partial charge in [0.15, 0.2) is 17.5 Å². The topological polar surface area (TPSA) is 56.5 Å². The van der Waals surface area contributed by atoms with Gasteiger partial charge in [0, 0.05) is 27.9 Å². The zero-order chi connectivity index (χ0) is 30.9. The summed E-state index contributed by atoms with van der Waals surface area (Å²) < 4.78 is 2.30. The quantitative estimate of drug-likeness (QED) is 0.187. The van der Waals surface area contributed by atoms with E-state index in [1.807, 2.05) is 66.7 Å². The number of hydrogen-bond donors (Lipinski definition) is 0. The molecule has 0 N–H and O–H groups in total. The van der Waals surface area contributed by atoms with Crippen molar-refractivity contribution in [1.29, 1.82) is 0 Å². The molecule has 0 aliphatic rings. The first-order valence-corrected chi connectivity index (χ1v) is 15.5. The summed E-state index contributed by atoms with van der Waals surface area (Å²) in [7, 11) is 0. The van der Waals surface area contributed by atoms with Crippen molar-refractivity contribution in [3.05, 3.63) is 139 Å². The minimum Gasteiger partial charge on any atom is -0.292 e. The second-order valence-corrected chi connectivity index (χ2v) is 12.0. The van der Waals surface area contributed by atoms with Gasteiger partial charge in [0.25, 0.3) is 0 Å². The summed E-state index contributed by atoms with van der Waals surface area (Å²) in [6.07, 6.45) is 0. The molecule has 0 unspecified atom stereocenters. The summed E-state index contributed by atoms with van der Waals surface area (Å²) in [5.74, 6) is 3.68. The summed E-state index contributed by atoms with van der Waals surface area (Å²) in [6, 6.07) is 43.9. The molecule has 0 aliphatic carbocycles. The SMILES string of the molecule is CC(C)c1cc(C(C)C)cc(-n2c(-c3ccc(-c4nc(-c5ccccc5)nc(-c5ccccc5)n4)cc3)nc3ccccc32)c1. The molecule has 0 bridgehead atoms. The predicted molar refractivity (Wildman–Crippen MR) is 184 cm³/mol. The normalized spacial score (nSPS) is 11.5. The van der Waals surface area contributed by atoms with E-state index in [2.05, 4.69) is 92.9 Å². The molecule has 0 amide bonds. The predicted octanol–water partition coefficient (Wildman–Crippen LogP) is 10.1. The maximum atomic E-state index is 5.14. The third kappa shape index (κ3) is 5.65. The molecule has 45 heavy (non-hydrogen) atoms. The summed E-state index contributed by atoms with van der Waals surface area (Å²) in [5, 5.41) is 0. The lowest BCUT2D eigenvalue weighted by atomic mass is 9.94. The average molecular weight is 586 g/mol. The van der Waals surface area contributed by atoms with Crippen LogP contribution in [0, 0.1) is 0 Å². The van der Waals surface area contributed by atoms with Crippen molar-refractivity contribution in [3.8, 4) is 51.2 Å². The minimum atomic E-state index is 0.418. The monoisotopic (exact) mass is 585 g/mol. The van der Waals surface area contributed by atoms with Gasteiger partial charge in [-0.15, -0.1) is 0 Å². The molecule has 220 valence electrons. The van der Waals surface area contributed by atoms with E-state index in [9.17, 15) is 0 Å². The summed E-state index contributed by atoms with van der Waals surface area (Å²) in [4.78, 5) is 19.8. The van der Waals surface area contributed by atoms with Crippen molar-refractivity contribution in [2.45, 2.75) is 39.5 Å². The zero-order valence-electron chi connectivity index (χ0n) is 26.0. The van der Waals surface area contributed by atoms with E-state index >= 15 is 0 Å². The van der Waals surface area contributed by atoms with Crippen molar-refractivity contribution in [2.75, 3.05) is 0 Å². The largest absolute Gasteiger partial charge is 0.292 e. The van der Waals surface area contributed by atoms with Crippen molar-refractivity contribution >= 4 is 11.0 Å². The van der Waals surface area contributed by atoms with E-state index < -0.39 is 0 Å². The van der Waals surface area contributed by atoms with E-state index in [0.717, 1.165) is 44.8 Å². The summed E-state index contributed by atoms with van der Waals surface area (Å²) in [6.45, 7) is 9.01. The highest BCUT2D eigenvalue weighted by molar-refractivity contribution is 5.84. The second-order valence-electron chi connectivity index (χ2n) is 12.0. The highest BCUT2D eigenvalue weighted by atomic mass is 15.1. The van der Waals surface area contributed by atoms with Crippen LogP contribution < -0.4 is 0 Å². The standard InChI is InChI=1S/C40H35N5/c1-26(2)32-23-33(27(3)4)25-34(24-32)45-36-18-12-11-17-35(36)41-40(45)31-21-19-30(20-22-31)39-43-37(28-13-7-5-8-14-28)42-38(44-39)29-15-9-6-10-16-29/h5-27H,1-4H3. The second kappa shape index (κ2) is 11.9. The molecule has 0 aliphatic heterocycles. The van der Waals surface area contributed by atoms with Gasteiger partial charge < -0.3 is 0 Å². The summed E-state index contributed by atoms with van der Waals surface area (Å²) in [5.41, 5.74) is 9.69. The van der Waals surface area contributed by atoms with Crippen LogP contribution in [-0.4, -0.2) is 24.5 Å². The molecule has 2 aromatic heterocycles. The molecule has 0 fully saturated rings. The van der Waals surface area contributed by atoms with E-state index in [1.165, 1.54) is 11.1 Å². The van der Waals surface area contributed by atoms with Crippen LogP contribution in [0.5, 0.6) is 0 Å². The van der Waals surface area contributed by atoms with Crippen molar-refractivity contribution in [3.63, 3.8) is 0 Å². The minimum absolute atomic E-state index is 0.418. The fourth-order valence-electron chi connectivity index (χ4n) is 5.64. The van der Waals surface area contributed by atoms with Crippen molar-refractivity contribution in [2.24, 2.45) is 0 Å². The first-order valence-electron chi connectivity index (χ1n) is 15.5.